The van der Waals surface area contributed by atoms with Gasteiger partial charge in [0.1, 0.15) is 11.6 Å². The Balaban J connectivity index is 3.30. The first-order valence-electron chi connectivity index (χ1n) is 3.18. The van der Waals surface area contributed by atoms with Gasteiger partial charge in [0.2, 0.25) is 0 Å². The fourth-order valence-electron chi connectivity index (χ4n) is 0.819. The van der Waals surface area contributed by atoms with Crippen molar-refractivity contribution in [3.63, 3.8) is 0 Å². The Morgan fingerprint density at radius 3 is 2.17 bits per heavy atom. The predicted molar refractivity (Wildman–Crippen MR) is 43.8 cm³/mol. The maximum Gasteiger partial charge on any atom is 0.131 e. The highest BCUT2D eigenvalue weighted by molar-refractivity contribution is 7.79. The summed E-state index contributed by atoms with van der Waals surface area (Å²) in [6.07, 6.45) is 0. The zero-order chi connectivity index (χ0) is 9.14. The summed E-state index contributed by atoms with van der Waals surface area (Å²) in [5.74, 6) is -1.45. The quantitative estimate of drug-likeness (QED) is 0.666. The second-order valence-corrected chi connectivity index (χ2v) is 2.50. The Labute approximate surface area is 74.0 Å². The van der Waals surface area contributed by atoms with Gasteiger partial charge in [-0.3, -0.25) is 0 Å². The third kappa shape index (κ3) is 1.56. The molecule has 0 fully saturated rings. The third-order valence-corrected chi connectivity index (χ3v) is 1.74. The van der Waals surface area contributed by atoms with Gasteiger partial charge < -0.3 is 0 Å². The topological polar surface area (TPSA) is 23.8 Å². The molecule has 1 aromatic rings. The molecule has 0 aromatic heterocycles. The number of thiol groups is 1. The molecule has 0 aliphatic carbocycles. The van der Waals surface area contributed by atoms with Gasteiger partial charge in [0.25, 0.3) is 0 Å². The summed E-state index contributed by atoms with van der Waals surface area (Å²) in [6, 6.07) is 3.64. The van der Waals surface area contributed by atoms with Crippen LogP contribution in [0.1, 0.15) is 11.1 Å². The molecule has 0 saturated carbocycles. The molecule has 1 rings (SSSR count). The summed E-state index contributed by atoms with van der Waals surface area (Å²) in [7, 11) is 0. The molecule has 0 amide bonds. The highest BCUT2D eigenvalue weighted by Gasteiger charge is 2.08. The second kappa shape index (κ2) is 3.55. The van der Waals surface area contributed by atoms with Crippen LogP contribution < -0.4 is 0 Å². The van der Waals surface area contributed by atoms with Gasteiger partial charge in [-0.05, 0) is 12.1 Å². The van der Waals surface area contributed by atoms with Gasteiger partial charge in [-0.15, -0.1) is 0 Å². The number of nitriles is 1. The molecule has 0 aliphatic heterocycles. The Kier molecular flexibility index (Phi) is 2.66. The van der Waals surface area contributed by atoms with Gasteiger partial charge in [0, 0.05) is 11.3 Å². The minimum atomic E-state index is -0.721. The maximum absolute atomic E-state index is 12.9. The first-order chi connectivity index (χ1) is 5.69. The first-order valence-corrected chi connectivity index (χ1v) is 3.81. The van der Waals surface area contributed by atoms with Crippen LogP contribution in [-0.4, -0.2) is 0 Å². The van der Waals surface area contributed by atoms with E-state index in [1.54, 1.807) is 6.07 Å². The smallest absolute Gasteiger partial charge is 0.131 e. The monoisotopic (exact) mass is 185 g/mol. The molecule has 12 heavy (non-hydrogen) atoms. The molecule has 0 bridgehead atoms. The van der Waals surface area contributed by atoms with Crippen molar-refractivity contribution in [2.24, 2.45) is 0 Å². The van der Waals surface area contributed by atoms with E-state index in [4.69, 9.17) is 5.26 Å². The van der Waals surface area contributed by atoms with Crippen molar-refractivity contribution in [1.29, 1.82) is 5.26 Å². The van der Waals surface area contributed by atoms with Crippen molar-refractivity contribution >= 4 is 12.6 Å². The van der Waals surface area contributed by atoms with Gasteiger partial charge in [0.15, 0.2) is 0 Å². The Morgan fingerprint density at radius 1 is 1.33 bits per heavy atom. The molecule has 4 heteroatoms. The maximum atomic E-state index is 12.9. The van der Waals surface area contributed by atoms with Crippen molar-refractivity contribution in [1.82, 2.24) is 0 Å². The van der Waals surface area contributed by atoms with Crippen molar-refractivity contribution < 1.29 is 8.78 Å². The van der Waals surface area contributed by atoms with Crippen LogP contribution in [0, 0.1) is 23.0 Å². The Hall–Kier alpha value is -1.08. The van der Waals surface area contributed by atoms with E-state index in [0.29, 0.717) is 0 Å². The molecule has 0 aliphatic rings. The fraction of sp³-hybridized carbons (Fsp3) is 0.125. The van der Waals surface area contributed by atoms with Gasteiger partial charge in [-0.25, -0.2) is 8.78 Å². The van der Waals surface area contributed by atoms with E-state index in [2.05, 4.69) is 12.6 Å². The number of halogens is 2. The minimum absolute atomic E-state index is 0.0105. The number of rotatable bonds is 1. The minimum Gasteiger partial charge on any atom is -0.207 e. The number of hydrogen-bond acceptors (Lipinski definition) is 2. The van der Waals surface area contributed by atoms with Crippen molar-refractivity contribution in [2.75, 3.05) is 0 Å². The largest absolute Gasteiger partial charge is 0.207 e. The summed E-state index contributed by atoms with van der Waals surface area (Å²) < 4.78 is 25.7. The molecule has 1 aromatic carbocycles. The van der Waals surface area contributed by atoms with E-state index in [0.717, 1.165) is 12.1 Å². The van der Waals surface area contributed by atoms with Crippen LogP contribution in [0.15, 0.2) is 12.1 Å². The normalized spacial score (nSPS) is 9.50. The number of hydrogen-bond donors (Lipinski definition) is 1. The van der Waals surface area contributed by atoms with Crippen LogP contribution in [-0.2, 0) is 5.75 Å². The molecule has 0 atom stereocenters. The van der Waals surface area contributed by atoms with Crippen molar-refractivity contribution in [2.45, 2.75) is 5.75 Å². The van der Waals surface area contributed by atoms with E-state index in [-0.39, 0.29) is 16.9 Å². The molecule has 0 heterocycles. The fourth-order valence-corrected chi connectivity index (χ4v) is 1.12. The van der Waals surface area contributed by atoms with E-state index >= 15 is 0 Å². The molecule has 0 radical (unpaired) electrons. The number of benzene rings is 1. The van der Waals surface area contributed by atoms with Crippen LogP contribution in [0.2, 0.25) is 0 Å². The molecule has 0 unspecified atom stereocenters. The average molecular weight is 185 g/mol. The molecule has 62 valence electrons. The Bertz CT molecular complexity index is 320. The van der Waals surface area contributed by atoms with Gasteiger partial charge in [0.05, 0.1) is 11.6 Å². The van der Waals surface area contributed by atoms with E-state index in [1.165, 1.54) is 0 Å². The van der Waals surface area contributed by atoms with Crippen LogP contribution in [0.4, 0.5) is 8.78 Å². The lowest BCUT2D eigenvalue weighted by Gasteiger charge is -2.00. The van der Waals surface area contributed by atoms with Gasteiger partial charge in [-0.1, -0.05) is 0 Å². The number of nitrogens with zero attached hydrogens (tertiary/aromatic N) is 1. The van der Waals surface area contributed by atoms with Crippen molar-refractivity contribution in [3.8, 4) is 6.07 Å². The van der Waals surface area contributed by atoms with Crippen molar-refractivity contribution in [3.05, 3.63) is 34.9 Å². The van der Waals surface area contributed by atoms with Crippen LogP contribution >= 0.6 is 12.6 Å². The first kappa shape index (κ1) is 9.01. The summed E-state index contributed by atoms with van der Waals surface area (Å²) in [5.41, 5.74) is -0.118. The zero-order valence-corrected chi connectivity index (χ0v) is 6.91. The highest BCUT2D eigenvalue weighted by atomic mass is 32.1. The standard InChI is InChI=1S/C8H5F2NS/c9-7-1-5(3-11)2-8(10)6(7)4-12/h1-2,12H,4H2. The zero-order valence-electron chi connectivity index (χ0n) is 6.01. The van der Waals surface area contributed by atoms with Gasteiger partial charge in [-0.2, -0.15) is 17.9 Å². The highest BCUT2D eigenvalue weighted by Crippen LogP contribution is 2.16. The van der Waals surface area contributed by atoms with Crippen LogP contribution in [0.3, 0.4) is 0 Å². The van der Waals surface area contributed by atoms with E-state index < -0.39 is 11.6 Å². The van der Waals surface area contributed by atoms with E-state index in [9.17, 15) is 8.78 Å². The average Bonchev–Trinajstić information content (AvgIpc) is 2.03. The summed E-state index contributed by atoms with van der Waals surface area (Å²) >= 11 is 3.75. The molecular weight excluding hydrogens is 180 g/mol. The predicted octanol–water partition coefficient (Wildman–Crippen LogP) is 2.27. The lowest BCUT2D eigenvalue weighted by Crippen LogP contribution is -1.93. The van der Waals surface area contributed by atoms with Crippen LogP contribution in [0.25, 0.3) is 0 Å². The third-order valence-electron chi connectivity index (χ3n) is 1.43. The van der Waals surface area contributed by atoms with E-state index in [1.807, 2.05) is 0 Å². The molecular formula is C8H5F2NS. The second-order valence-electron chi connectivity index (χ2n) is 2.19. The molecule has 0 spiro atoms. The SMILES string of the molecule is N#Cc1cc(F)c(CS)c(F)c1. The summed E-state index contributed by atoms with van der Waals surface area (Å²) in [5, 5.41) is 8.35. The van der Waals surface area contributed by atoms with Crippen LogP contribution in [0.5, 0.6) is 0 Å². The molecule has 0 N–H and O–H groups in total. The summed E-state index contributed by atoms with van der Waals surface area (Å²) in [6.45, 7) is 0. The summed E-state index contributed by atoms with van der Waals surface area (Å²) in [4.78, 5) is 0. The Morgan fingerprint density at radius 2 is 1.83 bits per heavy atom. The molecule has 1 nitrogen and oxygen atoms in total. The van der Waals surface area contributed by atoms with Gasteiger partial charge >= 0.3 is 0 Å². The lowest BCUT2D eigenvalue weighted by molar-refractivity contribution is 0.565. The lowest BCUT2D eigenvalue weighted by atomic mass is 10.1. The molecule has 0 saturated heterocycles.